The van der Waals surface area contributed by atoms with Crippen molar-refractivity contribution < 1.29 is 22.7 Å². The Kier molecular flexibility index (Phi) is 5.03. The topological polar surface area (TPSA) is 55.6 Å². The van der Waals surface area contributed by atoms with E-state index in [1.54, 1.807) is 36.4 Å². The van der Waals surface area contributed by atoms with Gasteiger partial charge in [-0.1, -0.05) is 29.5 Å². The predicted octanol–water partition coefficient (Wildman–Crippen LogP) is 4.78. The van der Waals surface area contributed by atoms with Crippen LogP contribution in [0, 0.1) is 11.6 Å². The van der Waals surface area contributed by atoms with Gasteiger partial charge in [-0.2, -0.15) is 0 Å². The first kappa shape index (κ1) is 18.1. The quantitative estimate of drug-likeness (QED) is 0.467. The molecule has 2 heterocycles. The Morgan fingerprint density at radius 3 is 2.71 bits per heavy atom. The number of thiazole rings is 1. The fourth-order valence-corrected chi connectivity index (χ4v) is 3.64. The minimum Gasteiger partial charge on any atom is -0.484 e. The van der Waals surface area contributed by atoms with E-state index in [1.807, 2.05) is 6.07 Å². The van der Waals surface area contributed by atoms with Crippen LogP contribution in [0.15, 0.2) is 65.3 Å². The number of anilines is 1. The van der Waals surface area contributed by atoms with Gasteiger partial charge in [-0.05, 0) is 30.3 Å². The van der Waals surface area contributed by atoms with Crippen molar-refractivity contribution in [1.82, 2.24) is 4.98 Å². The number of nitrogens with zero attached hydrogens (tertiary/aromatic N) is 2. The van der Waals surface area contributed by atoms with Gasteiger partial charge in [0.25, 0.3) is 5.91 Å². The summed E-state index contributed by atoms with van der Waals surface area (Å²) in [5, 5.41) is 0.234. The molecule has 4 rings (SSSR count). The summed E-state index contributed by atoms with van der Waals surface area (Å²) in [6.07, 6.45) is 1.49. The Balaban J connectivity index is 1.63. The molecule has 0 N–H and O–H groups in total. The maximum Gasteiger partial charge on any atom is 0.267 e. The highest BCUT2D eigenvalue weighted by molar-refractivity contribution is 7.22. The number of para-hydroxylation sites is 1. The highest BCUT2D eigenvalue weighted by atomic mass is 32.1. The van der Waals surface area contributed by atoms with Crippen molar-refractivity contribution in [2.75, 3.05) is 11.5 Å². The van der Waals surface area contributed by atoms with Crippen LogP contribution < -0.4 is 9.64 Å². The molecule has 142 valence electrons. The second kappa shape index (κ2) is 7.77. The zero-order valence-electron chi connectivity index (χ0n) is 14.5. The summed E-state index contributed by atoms with van der Waals surface area (Å²) >= 11 is 1.02. The van der Waals surface area contributed by atoms with Crippen LogP contribution in [0.25, 0.3) is 10.2 Å². The SMILES string of the molecule is O=C(COc1ccccc1)N(Cc1ccco1)c1nc2c(F)cc(F)cc2s1. The van der Waals surface area contributed by atoms with Crippen molar-refractivity contribution in [3.8, 4) is 5.75 Å². The summed E-state index contributed by atoms with van der Waals surface area (Å²) in [7, 11) is 0. The molecular formula is C20H14F2N2O3S. The molecule has 0 aliphatic rings. The molecule has 0 aliphatic heterocycles. The molecule has 5 nitrogen and oxygen atoms in total. The first-order valence-corrected chi connectivity index (χ1v) is 9.18. The van der Waals surface area contributed by atoms with Crippen molar-refractivity contribution in [1.29, 1.82) is 0 Å². The molecule has 0 aliphatic carbocycles. The third-order valence-corrected chi connectivity index (χ3v) is 4.96. The molecule has 0 fully saturated rings. The Morgan fingerprint density at radius 1 is 1.14 bits per heavy atom. The van der Waals surface area contributed by atoms with E-state index in [9.17, 15) is 13.6 Å². The van der Waals surface area contributed by atoms with Gasteiger partial charge in [0.05, 0.1) is 17.5 Å². The number of ether oxygens (including phenoxy) is 1. The normalized spacial score (nSPS) is 10.9. The molecule has 0 saturated heterocycles. The number of halogens is 2. The van der Waals surface area contributed by atoms with Crippen molar-refractivity contribution >= 4 is 32.6 Å². The molecule has 2 aromatic heterocycles. The number of hydrogen-bond acceptors (Lipinski definition) is 5. The lowest BCUT2D eigenvalue weighted by molar-refractivity contribution is -0.120. The fourth-order valence-electron chi connectivity index (χ4n) is 2.62. The lowest BCUT2D eigenvalue weighted by atomic mass is 10.3. The average molecular weight is 400 g/mol. The third-order valence-electron chi connectivity index (χ3n) is 3.93. The van der Waals surface area contributed by atoms with E-state index in [4.69, 9.17) is 9.15 Å². The van der Waals surface area contributed by atoms with Gasteiger partial charge in [-0.15, -0.1) is 0 Å². The van der Waals surface area contributed by atoms with Crippen LogP contribution in [-0.2, 0) is 11.3 Å². The lowest BCUT2D eigenvalue weighted by Gasteiger charge is -2.18. The number of carbonyl (C=O) groups is 1. The van der Waals surface area contributed by atoms with E-state index in [1.165, 1.54) is 17.2 Å². The van der Waals surface area contributed by atoms with E-state index in [0.29, 0.717) is 16.2 Å². The largest absolute Gasteiger partial charge is 0.484 e. The Morgan fingerprint density at radius 2 is 1.96 bits per heavy atom. The van der Waals surface area contributed by atoms with Gasteiger partial charge in [-0.25, -0.2) is 13.8 Å². The van der Waals surface area contributed by atoms with Gasteiger partial charge in [-0.3, -0.25) is 9.69 Å². The molecule has 8 heteroatoms. The number of rotatable bonds is 6. The average Bonchev–Trinajstić information content (AvgIpc) is 3.34. The number of aromatic nitrogens is 1. The first-order chi connectivity index (χ1) is 13.6. The maximum absolute atomic E-state index is 14.0. The van der Waals surface area contributed by atoms with Crippen LogP contribution in [0.5, 0.6) is 5.75 Å². The summed E-state index contributed by atoms with van der Waals surface area (Å²) < 4.78 is 38.7. The van der Waals surface area contributed by atoms with Crippen molar-refractivity contribution in [3.05, 3.63) is 78.3 Å². The fraction of sp³-hybridized carbons (Fsp3) is 0.100. The van der Waals surface area contributed by atoms with Crippen molar-refractivity contribution in [2.24, 2.45) is 0 Å². The number of benzene rings is 2. The van der Waals surface area contributed by atoms with Crippen molar-refractivity contribution in [3.63, 3.8) is 0 Å². The van der Waals surface area contributed by atoms with Gasteiger partial charge in [0, 0.05) is 6.07 Å². The number of furan rings is 1. The number of carbonyl (C=O) groups excluding carboxylic acids is 1. The molecule has 0 spiro atoms. The minimum absolute atomic E-state index is 0.0163. The predicted molar refractivity (Wildman–Crippen MR) is 101 cm³/mol. The monoisotopic (exact) mass is 400 g/mol. The molecule has 4 aromatic rings. The summed E-state index contributed by atoms with van der Waals surface area (Å²) in [5.41, 5.74) is 0.0163. The molecule has 0 unspecified atom stereocenters. The van der Waals surface area contributed by atoms with Gasteiger partial charge >= 0.3 is 0 Å². The number of amides is 1. The third kappa shape index (κ3) is 3.86. The number of hydrogen-bond donors (Lipinski definition) is 0. The zero-order chi connectivity index (χ0) is 19.5. The number of fused-ring (bicyclic) bond motifs is 1. The van der Waals surface area contributed by atoms with Crippen LogP contribution in [-0.4, -0.2) is 17.5 Å². The van der Waals surface area contributed by atoms with Crippen LogP contribution >= 0.6 is 11.3 Å². The smallest absolute Gasteiger partial charge is 0.267 e. The summed E-state index contributed by atoms with van der Waals surface area (Å²) in [6, 6.07) is 14.3. The first-order valence-electron chi connectivity index (χ1n) is 8.36. The van der Waals surface area contributed by atoms with E-state index in [0.717, 1.165) is 17.4 Å². The van der Waals surface area contributed by atoms with Gasteiger partial charge in [0.15, 0.2) is 17.6 Å². The highest BCUT2D eigenvalue weighted by Crippen LogP contribution is 2.32. The van der Waals surface area contributed by atoms with Gasteiger partial charge in [0.2, 0.25) is 0 Å². The molecule has 0 saturated carbocycles. The van der Waals surface area contributed by atoms with Crippen LogP contribution in [0.1, 0.15) is 5.76 Å². The molecule has 0 bridgehead atoms. The lowest BCUT2D eigenvalue weighted by Crippen LogP contribution is -2.34. The Labute approximate surface area is 162 Å². The Hall–Kier alpha value is -3.26. The summed E-state index contributed by atoms with van der Waals surface area (Å²) in [6.45, 7) is -0.147. The van der Waals surface area contributed by atoms with E-state index >= 15 is 0 Å². The van der Waals surface area contributed by atoms with E-state index in [-0.39, 0.29) is 29.7 Å². The van der Waals surface area contributed by atoms with Crippen molar-refractivity contribution in [2.45, 2.75) is 6.54 Å². The van der Waals surface area contributed by atoms with Crippen LogP contribution in [0.2, 0.25) is 0 Å². The minimum atomic E-state index is -0.775. The second-order valence-corrected chi connectivity index (χ2v) is 6.90. The molecule has 1 amide bonds. The van der Waals surface area contributed by atoms with Gasteiger partial charge < -0.3 is 9.15 Å². The van der Waals surface area contributed by atoms with Crippen LogP contribution in [0.4, 0.5) is 13.9 Å². The Bertz CT molecular complexity index is 1100. The standard InChI is InChI=1S/C20H14F2N2O3S/c21-13-9-16(22)19-17(10-13)28-20(23-19)24(11-15-7-4-8-26-15)18(25)12-27-14-5-2-1-3-6-14/h1-10H,11-12H2. The molecular weight excluding hydrogens is 386 g/mol. The molecule has 0 atom stereocenters. The molecule has 0 radical (unpaired) electrons. The van der Waals surface area contributed by atoms with E-state index < -0.39 is 11.6 Å². The molecule has 28 heavy (non-hydrogen) atoms. The van der Waals surface area contributed by atoms with E-state index in [2.05, 4.69) is 4.98 Å². The second-order valence-electron chi connectivity index (χ2n) is 5.89. The van der Waals surface area contributed by atoms with Crippen LogP contribution in [0.3, 0.4) is 0 Å². The highest BCUT2D eigenvalue weighted by Gasteiger charge is 2.23. The summed E-state index contributed by atoms with van der Waals surface area (Å²) in [4.78, 5) is 18.4. The van der Waals surface area contributed by atoms with Gasteiger partial charge in [0.1, 0.15) is 22.8 Å². The zero-order valence-corrected chi connectivity index (χ0v) is 15.3. The molecule has 2 aromatic carbocycles. The summed E-state index contributed by atoms with van der Waals surface area (Å²) in [5.74, 6) is -0.787. The maximum atomic E-state index is 14.0.